The molecular weight excluding hydrogens is 481 g/mol. The SMILES string of the molecule is Cc1cc(OCCCc2c(C(=O)O)[nH]c3c(-c4ccncc4C(F)(F)F)cccc23)cc(C)c1Cl. The average Bonchev–Trinajstić information content (AvgIpc) is 3.18. The van der Waals surface area contributed by atoms with Gasteiger partial charge in [0.25, 0.3) is 0 Å². The zero-order valence-corrected chi connectivity index (χ0v) is 19.7. The number of rotatable bonds is 7. The Balaban J connectivity index is 1.65. The van der Waals surface area contributed by atoms with E-state index in [2.05, 4.69) is 9.97 Å². The third kappa shape index (κ3) is 4.98. The second-order valence-corrected chi connectivity index (χ2v) is 8.63. The molecule has 0 fully saturated rings. The lowest BCUT2D eigenvalue weighted by Gasteiger charge is -2.13. The molecule has 182 valence electrons. The number of aryl methyl sites for hydroxylation is 3. The molecule has 9 heteroatoms. The van der Waals surface area contributed by atoms with E-state index in [0.717, 1.165) is 17.3 Å². The van der Waals surface area contributed by atoms with Crippen molar-refractivity contribution in [3.05, 3.63) is 81.8 Å². The topological polar surface area (TPSA) is 75.2 Å². The van der Waals surface area contributed by atoms with Crippen molar-refractivity contribution in [1.82, 2.24) is 9.97 Å². The number of aromatic carboxylic acids is 1. The van der Waals surface area contributed by atoms with Crippen molar-refractivity contribution in [2.45, 2.75) is 32.9 Å². The normalized spacial score (nSPS) is 11.7. The zero-order valence-electron chi connectivity index (χ0n) is 19.0. The number of benzene rings is 2. The number of H-pyrrole nitrogens is 1. The van der Waals surface area contributed by atoms with E-state index in [1.165, 1.54) is 18.3 Å². The van der Waals surface area contributed by atoms with Crippen LogP contribution in [0.5, 0.6) is 5.75 Å². The number of hydrogen-bond donors (Lipinski definition) is 2. The molecule has 5 nitrogen and oxygen atoms in total. The minimum absolute atomic E-state index is 0.0479. The summed E-state index contributed by atoms with van der Waals surface area (Å²) in [4.78, 5) is 18.4. The van der Waals surface area contributed by atoms with Gasteiger partial charge in [-0.1, -0.05) is 29.8 Å². The van der Waals surface area contributed by atoms with Gasteiger partial charge in [0, 0.05) is 28.4 Å². The maximum atomic E-state index is 13.6. The standard InChI is InChI=1S/C26H22ClF3N2O3/c1-14-11-16(12-15(2)22(14)27)35-10-4-7-20-19-6-3-5-18(23(19)32-24(20)25(33)34)17-8-9-31-13-21(17)26(28,29)30/h3,5-6,8-9,11-13,32H,4,7,10H2,1-2H3,(H,33,34). The van der Waals surface area contributed by atoms with Crippen molar-refractivity contribution in [3.8, 4) is 16.9 Å². The zero-order chi connectivity index (χ0) is 25.3. The summed E-state index contributed by atoms with van der Waals surface area (Å²) < 4.78 is 46.6. The highest BCUT2D eigenvalue weighted by atomic mass is 35.5. The number of fused-ring (bicyclic) bond motifs is 1. The number of halogens is 4. The van der Waals surface area contributed by atoms with Crippen molar-refractivity contribution < 1.29 is 27.8 Å². The van der Waals surface area contributed by atoms with Gasteiger partial charge in [0.1, 0.15) is 11.4 Å². The minimum Gasteiger partial charge on any atom is -0.494 e. The summed E-state index contributed by atoms with van der Waals surface area (Å²) in [6.07, 6.45) is -1.69. The highest BCUT2D eigenvalue weighted by molar-refractivity contribution is 6.32. The molecule has 4 rings (SSSR count). The molecule has 0 atom stereocenters. The predicted molar refractivity (Wildman–Crippen MR) is 128 cm³/mol. The maximum Gasteiger partial charge on any atom is 0.418 e. The number of carboxylic acids is 1. The Bertz CT molecular complexity index is 1390. The van der Waals surface area contributed by atoms with Gasteiger partial charge in [0.2, 0.25) is 0 Å². The van der Waals surface area contributed by atoms with Gasteiger partial charge in [0.05, 0.1) is 17.7 Å². The van der Waals surface area contributed by atoms with Gasteiger partial charge in [-0.3, -0.25) is 4.98 Å². The quantitative estimate of drug-likeness (QED) is 0.261. The number of aromatic nitrogens is 2. The van der Waals surface area contributed by atoms with Crippen LogP contribution in [-0.4, -0.2) is 27.7 Å². The van der Waals surface area contributed by atoms with E-state index >= 15 is 0 Å². The Labute approximate surface area is 204 Å². The maximum absolute atomic E-state index is 13.6. The molecule has 0 unspecified atom stereocenters. The van der Waals surface area contributed by atoms with E-state index in [0.29, 0.717) is 46.7 Å². The van der Waals surface area contributed by atoms with Crippen LogP contribution < -0.4 is 4.74 Å². The molecule has 0 aliphatic carbocycles. The molecule has 4 aromatic rings. The highest BCUT2D eigenvalue weighted by Gasteiger charge is 2.34. The summed E-state index contributed by atoms with van der Waals surface area (Å²) in [5, 5.41) is 11.0. The van der Waals surface area contributed by atoms with Gasteiger partial charge in [-0.15, -0.1) is 0 Å². The summed E-state index contributed by atoms with van der Waals surface area (Å²) >= 11 is 6.19. The van der Waals surface area contributed by atoms with Crippen LogP contribution in [0.4, 0.5) is 13.2 Å². The monoisotopic (exact) mass is 502 g/mol. The van der Waals surface area contributed by atoms with Crippen LogP contribution in [0.25, 0.3) is 22.0 Å². The molecule has 2 aromatic heterocycles. The Hall–Kier alpha value is -3.52. The van der Waals surface area contributed by atoms with E-state index in [1.807, 2.05) is 26.0 Å². The summed E-state index contributed by atoms with van der Waals surface area (Å²) in [6, 6.07) is 9.82. The lowest BCUT2D eigenvalue weighted by Crippen LogP contribution is -2.07. The molecule has 2 heterocycles. The fourth-order valence-corrected chi connectivity index (χ4v) is 4.33. The van der Waals surface area contributed by atoms with Gasteiger partial charge >= 0.3 is 12.1 Å². The van der Waals surface area contributed by atoms with Gasteiger partial charge in [0.15, 0.2) is 0 Å². The second-order valence-electron chi connectivity index (χ2n) is 8.25. The highest BCUT2D eigenvalue weighted by Crippen LogP contribution is 2.40. The van der Waals surface area contributed by atoms with Gasteiger partial charge < -0.3 is 14.8 Å². The first-order valence-corrected chi connectivity index (χ1v) is 11.2. The number of nitrogens with zero attached hydrogens (tertiary/aromatic N) is 1. The number of hydrogen-bond acceptors (Lipinski definition) is 3. The molecule has 0 bridgehead atoms. The van der Waals surface area contributed by atoms with Crippen LogP contribution in [0, 0.1) is 13.8 Å². The van der Waals surface area contributed by atoms with Gasteiger partial charge in [-0.25, -0.2) is 4.79 Å². The van der Waals surface area contributed by atoms with Crippen molar-refractivity contribution >= 4 is 28.5 Å². The van der Waals surface area contributed by atoms with Crippen LogP contribution in [0.1, 0.15) is 39.2 Å². The third-order valence-corrected chi connectivity index (χ3v) is 6.42. The predicted octanol–water partition coefficient (Wildman–Crippen LogP) is 7.23. The molecule has 0 amide bonds. The summed E-state index contributed by atoms with van der Waals surface area (Å²) in [6.45, 7) is 4.10. The summed E-state index contributed by atoms with van der Waals surface area (Å²) in [7, 11) is 0. The largest absolute Gasteiger partial charge is 0.494 e. The fraction of sp³-hybridized carbons (Fsp3) is 0.231. The van der Waals surface area contributed by atoms with Crippen LogP contribution in [0.15, 0.2) is 48.8 Å². The average molecular weight is 503 g/mol. The second kappa shape index (κ2) is 9.62. The number of ether oxygens (including phenoxy) is 1. The lowest BCUT2D eigenvalue weighted by atomic mass is 9.97. The number of alkyl halides is 3. The smallest absolute Gasteiger partial charge is 0.418 e. The fourth-order valence-electron chi connectivity index (χ4n) is 4.22. The number of carbonyl (C=O) groups is 1. The van der Waals surface area contributed by atoms with Crippen LogP contribution >= 0.6 is 11.6 Å². The summed E-state index contributed by atoms with van der Waals surface area (Å²) in [5.74, 6) is -0.515. The Morgan fingerprint density at radius 1 is 1.14 bits per heavy atom. The van der Waals surface area contributed by atoms with E-state index in [9.17, 15) is 23.1 Å². The van der Waals surface area contributed by atoms with Crippen LogP contribution in [0.2, 0.25) is 5.02 Å². The molecule has 0 radical (unpaired) electrons. The third-order valence-electron chi connectivity index (χ3n) is 5.82. The number of pyridine rings is 1. The molecular formula is C26H22ClF3N2O3. The first-order valence-electron chi connectivity index (χ1n) is 10.9. The molecule has 0 saturated carbocycles. The van der Waals surface area contributed by atoms with E-state index in [4.69, 9.17) is 16.3 Å². The van der Waals surface area contributed by atoms with Gasteiger partial charge in [-0.05, 0) is 67.1 Å². The molecule has 0 spiro atoms. The van der Waals surface area contributed by atoms with Crippen molar-refractivity contribution in [1.29, 1.82) is 0 Å². The van der Waals surface area contributed by atoms with Crippen molar-refractivity contribution in [2.24, 2.45) is 0 Å². The molecule has 0 aliphatic rings. The van der Waals surface area contributed by atoms with E-state index in [-0.39, 0.29) is 16.8 Å². The number of carboxylic acid groups (broad SMARTS) is 1. The molecule has 2 N–H and O–H groups in total. The van der Waals surface area contributed by atoms with Gasteiger partial charge in [-0.2, -0.15) is 13.2 Å². The Kier molecular flexibility index (Phi) is 6.76. The van der Waals surface area contributed by atoms with Crippen LogP contribution in [0.3, 0.4) is 0 Å². The lowest BCUT2D eigenvalue weighted by molar-refractivity contribution is -0.137. The Morgan fingerprint density at radius 3 is 2.51 bits per heavy atom. The minimum atomic E-state index is -4.60. The van der Waals surface area contributed by atoms with Crippen LogP contribution in [-0.2, 0) is 12.6 Å². The number of nitrogens with one attached hydrogen (secondary N) is 1. The summed E-state index contributed by atoms with van der Waals surface area (Å²) in [5.41, 5.74) is 1.90. The molecule has 2 aromatic carbocycles. The first-order chi connectivity index (χ1) is 16.6. The van der Waals surface area contributed by atoms with E-state index in [1.54, 1.807) is 12.1 Å². The van der Waals surface area contributed by atoms with Crippen molar-refractivity contribution in [2.75, 3.05) is 6.61 Å². The first kappa shape index (κ1) is 24.6. The number of para-hydroxylation sites is 1. The molecule has 0 saturated heterocycles. The molecule has 0 aliphatic heterocycles. The van der Waals surface area contributed by atoms with Crippen molar-refractivity contribution in [3.63, 3.8) is 0 Å². The molecule has 35 heavy (non-hydrogen) atoms. The number of aromatic amines is 1. The Morgan fingerprint density at radius 2 is 1.86 bits per heavy atom. The van der Waals surface area contributed by atoms with E-state index < -0.39 is 17.7 Å².